The van der Waals surface area contributed by atoms with Gasteiger partial charge in [-0.3, -0.25) is 0 Å². The summed E-state index contributed by atoms with van der Waals surface area (Å²) in [5, 5.41) is 1.02. The Bertz CT molecular complexity index is 336. The molecule has 0 aliphatic heterocycles. The second-order valence-electron chi connectivity index (χ2n) is 5.42. The first-order valence-corrected chi connectivity index (χ1v) is 8.67. The normalized spacial score (nSPS) is 12.7. The lowest BCUT2D eigenvalue weighted by molar-refractivity contribution is 0.0153. The third-order valence-electron chi connectivity index (χ3n) is 2.30. The van der Waals surface area contributed by atoms with Gasteiger partial charge in [0.2, 0.25) is 0 Å². The Balaban J connectivity index is 3.16. The van der Waals surface area contributed by atoms with Crippen molar-refractivity contribution < 1.29 is 13.3 Å². The van der Waals surface area contributed by atoms with Crippen LogP contribution < -0.4 is 5.19 Å². The van der Waals surface area contributed by atoms with Crippen molar-refractivity contribution in [3.8, 4) is 0 Å². The van der Waals surface area contributed by atoms with Gasteiger partial charge in [0.1, 0.15) is 0 Å². The molecule has 0 aliphatic rings. The molecular weight excluding hydrogens is 256 g/mol. The highest BCUT2D eigenvalue weighted by Crippen LogP contribution is 2.17. The summed E-state index contributed by atoms with van der Waals surface area (Å²) in [4.78, 5) is 0. The Morgan fingerprint density at radius 2 is 1.05 bits per heavy atom. The van der Waals surface area contributed by atoms with Crippen molar-refractivity contribution in [2.75, 3.05) is 0 Å². The monoisotopic (exact) mass is 282 g/mol. The highest BCUT2D eigenvalue weighted by Gasteiger charge is 2.46. The average Bonchev–Trinajstić information content (AvgIpc) is 2.27. The van der Waals surface area contributed by atoms with Crippen LogP contribution in [0.5, 0.6) is 0 Å². The zero-order valence-corrected chi connectivity index (χ0v) is 13.8. The van der Waals surface area contributed by atoms with E-state index in [1.165, 1.54) is 0 Å². The van der Waals surface area contributed by atoms with Crippen LogP contribution in [0.2, 0.25) is 0 Å². The molecular formula is C15H26O3Si. The summed E-state index contributed by atoms with van der Waals surface area (Å²) < 4.78 is 18.4. The van der Waals surface area contributed by atoms with Crippen LogP contribution in [0, 0.1) is 0 Å². The topological polar surface area (TPSA) is 27.7 Å². The molecule has 0 aliphatic carbocycles. The number of hydrogen-bond acceptors (Lipinski definition) is 3. The molecule has 0 spiro atoms. The van der Waals surface area contributed by atoms with E-state index in [2.05, 4.69) is 0 Å². The molecule has 108 valence electrons. The van der Waals surface area contributed by atoms with Crippen LogP contribution >= 0.6 is 0 Å². The zero-order valence-electron chi connectivity index (χ0n) is 12.8. The fraction of sp³-hybridized carbons (Fsp3) is 0.600. The third kappa shape index (κ3) is 5.07. The van der Waals surface area contributed by atoms with Gasteiger partial charge in [-0.15, -0.1) is 0 Å². The van der Waals surface area contributed by atoms with Gasteiger partial charge in [-0.1, -0.05) is 30.3 Å². The predicted octanol–water partition coefficient (Wildman–Crippen LogP) is 3.11. The quantitative estimate of drug-likeness (QED) is 0.719. The largest absolute Gasteiger partial charge is 0.537 e. The van der Waals surface area contributed by atoms with Gasteiger partial charge in [-0.25, -0.2) is 0 Å². The molecule has 0 saturated carbocycles. The first-order valence-electron chi connectivity index (χ1n) is 6.94. The van der Waals surface area contributed by atoms with Crippen molar-refractivity contribution in [1.29, 1.82) is 0 Å². The maximum Gasteiger partial charge on any atom is 0.537 e. The Hall–Kier alpha value is -0.683. The summed E-state index contributed by atoms with van der Waals surface area (Å²) in [7, 11) is -2.86. The van der Waals surface area contributed by atoms with Crippen molar-refractivity contribution in [3.63, 3.8) is 0 Å². The molecule has 0 saturated heterocycles. The lowest BCUT2D eigenvalue weighted by Crippen LogP contribution is -2.60. The van der Waals surface area contributed by atoms with Gasteiger partial charge in [0, 0.05) is 23.5 Å². The van der Waals surface area contributed by atoms with Crippen molar-refractivity contribution >= 4 is 14.0 Å². The van der Waals surface area contributed by atoms with Gasteiger partial charge in [-0.2, -0.15) is 0 Å². The van der Waals surface area contributed by atoms with Crippen LogP contribution in [-0.4, -0.2) is 27.1 Å². The summed E-state index contributed by atoms with van der Waals surface area (Å²) in [5.74, 6) is 0. The molecule has 0 N–H and O–H groups in total. The molecule has 4 heteroatoms. The first-order chi connectivity index (χ1) is 8.85. The van der Waals surface area contributed by atoms with Crippen LogP contribution in [0.15, 0.2) is 30.3 Å². The average molecular weight is 282 g/mol. The SMILES string of the molecule is CC(C)O[Si](OC(C)C)(OC(C)C)c1ccccc1. The van der Waals surface area contributed by atoms with Gasteiger partial charge in [0.15, 0.2) is 0 Å². The van der Waals surface area contributed by atoms with E-state index < -0.39 is 8.80 Å². The summed E-state index contributed by atoms with van der Waals surface area (Å²) in [5.41, 5.74) is 0. The maximum atomic E-state index is 6.14. The number of rotatable bonds is 7. The summed E-state index contributed by atoms with van der Waals surface area (Å²) in [6, 6.07) is 10.0. The van der Waals surface area contributed by atoms with E-state index in [-0.39, 0.29) is 18.3 Å². The summed E-state index contributed by atoms with van der Waals surface area (Å²) in [6.45, 7) is 12.1. The van der Waals surface area contributed by atoms with Gasteiger partial charge in [0.25, 0.3) is 0 Å². The molecule has 19 heavy (non-hydrogen) atoms. The maximum absolute atomic E-state index is 6.14. The van der Waals surface area contributed by atoms with Crippen LogP contribution in [-0.2, 0) is 13.3 Å². The van der Waals surface area contributed by atoms with Gasteiger partial charge < -0.3 is 13.3 Å². The molecule has 0 bridgehead atoms. The van der Waals surface area contributed by atoms with E-state index in [1.807, 2.05) is 71.9 Å². The molecule has 0 heterocycles. The minimum absolute atomic E-state index is 0.0596. The predicted molar refractivity (Wildman–Crippen MR) is 80.5 cm³/mol. The summed E-state index contributed by atoms with van der Waals surface area (Å²) in [6.07, 6.45) is 0.179. The number of hydrogen-bond donors (Lipinski definition) is 0. The Labute approximate surface area is 118 Å². The standard InChI is InChI=1S/C15H26O3Si/c1-12(2)16-19(17-13(3)4,18-14(5)6)15-10-8-7-9-11-15/h7-14H,1-6H3. The van der Waals surface area contributed by atoms with Crippen molar-refractivity contribution in [2.45, 2.75) is 59.9 Å². The molecule has 1 aromatic rings. The minimum Gasteiger partial charge on any atom is -0.367 e. The van der Waals surface area contributed by atoms with Crippen LogP contribution in [0.4, 0.5) is 0 Å². The summed E-state index contributed by atoms with van der Waals surface area (Å²) >= 11 is 0. The van der Waals surface area contributed by atoms with Crippen LogP contribution in [0.25, 0.3) is 0 Å². The van der Waals surface area contributed by atoms with E-state index >= 15 is 0 Å². The first kappa shape index (κ1) is 16.4. The van der Waals surface area contributed by atoms with E-state index in [0.717, 1.165) is 5.19 Å². The highest BCUT2D eigenvalue weighted by molar-refractivity contribution is 6.75. The molecule has 0 radical (unpaired) electrons. The number of benzene rings is 1. The van der Waals surface area contributed by atoms with Crippen LogP contribution in [0.3, 0.4) is 0 Å². The Morgan fingerprint density at radius 3 is 1.37 bits per heavy atom. The lowest BCUT2D eigenvalue weighted by Gasteiger charge is -2.34. The fourth-order valence-electron chi connectivity index (χ4n) is 1.86. The van der Waals surface area contributed by atoms with Gasteiger partial charge >= 0.3 is 8.80 Å². The smallest absolute Gasteiger partial charge is 0.367 e. The van der Waals surface area contributed by atoms with E-state index in [1.54, 1.807) is 0 Å². The second kappa shape index (κ2) is 7.19. The Morgan fingerprint density at radius 1 is 0.684 bits per heavy atom. The van der Waals surface area contributed by atoms with Gasteiger partial charge in [0.05, 0.1) is 0 Å². The van der Waals surface area contributed by atoms with E-state index in [0.29, 0.717) is 0 Å². The zero-order chi connectivity index (χ0) is 14.5. The van der Waals surface area contributed by atoms with Crippen molar-refractivity contribution in [2.24, 2.45) is 0 Å². The third-order valence-corrected chi connectivity index (χ3v) is 5.69. The van der Waals surface area contributed by atoms with Crippen molar-refractivity contribution in [1.82, 2.24) is 0 Å². The molecule has 1 aromatic carbocycles. The molecule has 0 amide bonds. The highest BCUT2D eigenvalue weighted by atomic mass is 28.4. The second-order valence-corrected chi connectivity index (χ2v) is 7.82. The fourth-order valence-corrected chi connectivity index (χ4v) is 4.90. The van der Waals surface area contributed by atoms with E-state index in [4.69, 9.17) is 13.3 Å². The molecule has 0 unspecified atom stereocenters. The van der Waals surface area contributed by atoms with Gasteiger partial charge in [-0.05, 0) is 41.5 Å². The molecule has 0 fully saturated rings. The van der Waals surface area contributed by atoms with Crippen LogP contribution in [0.1, 0.15) is 41.5 Å². The molecule has 0 aromatic heterocycles. The lowest BCUT2D eigenvalue weighted by atomic mass is 10.4. The Kier molecular flexibility index (Phi) is 6.20. The molecule has 3 nitrogen and oxygen atoms in total. The van der Waals surface area contributed by atoms with Crippen molar-refractivity contribution in [3.05, 3.63) is 30.3 Å². The molecule has 0 atom stereocenters. The van der Waals surface area contributed by atoms with E-state index in [9.17, 15) is 0 Å². The molecule has 1 rings (SSSR count). The minimum atomic E-state index is -2.86.